The van der Waals surface area contributed by atoms with Gasteiger partial charge in [-0.2, -0.15) is 0 Å². The van der Waals surface area contributed by atoms with Crippen molar-refractivity contribution in [2.75, 3.05) is 16.8 Å². The molecule has 0 fully saturated rings. The number of rotatable bonds is 5. The van der Waals surface area contributed by atoms with Crippen LogP contribution in [0.3, 0.4) is 0 Å². The Morgan fingerprint density at radius 3 is 2.42 bits per heavy atom. The van der Waals surface area contributed by atoms with E-state index in [0.29, 0.717) is 11.4 Å². The van der Waals surface area contributed by atoms with Crippen molar-refractivity contribution in [2.24, 2.45) is 0 Å². The average molecular weight is 414 g/mol. The van der Waals surface area contributed by atoms with Crippen molar-refractivity contribution in [3.8, 4) is 5.75 Å². The Morgan fingerprint density at radius 1 is 1.12 bits per heavy atom. The van der Waals surface area contributed by atoms with Gasteiger partial charge in [-0.05, 0) is 24.3 Å². The predicted octanol–water partition coefficient (Wildman–Crippen LogP) is 5.19. The summed E-state index contributed by atoms with van der Waals surface area (Å²) in [6, 6.07) is 15.2. The van der Waals surface area contributed by atoms with Crippen LogP contribution < -0.4 is 15.0 Å². The molecule has 0 heterocycles. The van der Waals surface area contributed by atoms with Crippen molar-refractivity contribution >= 4 is 58.2 Å². The molecule has 1 N–H and O–H groups in total. The van der Waals surface area contributed by atoms with E-state index in [0.717, 1.165) is 0 Å². The number of benzene rings is 2. The quantitative estimate of drug-likeness (QED) is 0.542. The highest BCUT2D eigenvalue weighted by molar-refractivity contribution is 6.76. The summed E-state index contributed by atoms with van der Waals surface area (Å²) in [6.07, 6.45) is 0.993. The summed E-state index contributed by atoms with van der Waals surface area (Å²) in [4.78, 5) is 25.6. The maximum absolute atomic E-state index is 12.5. The van der Waals surface area contributed by atoms with Crippen LogP contribution in [0.5, 0.6) is 5.75 Å². The van der Waals surface area contributed by atoms with Crippen LogP contribution in [0.15, 0.2) is 67.3 Å². The first-order valence-corrected chi connectivity index (χ1v) is 8.58. The lowest BCUT2D eigenvalue weighted by molar-refractivity contribution is -0.115. The monoisotopic (exact) mass is 412 g/mol. The molecular weight excluding hydrogens is 399 g/mol. The second-order valence-corrected chi connectivity index (χ2v) is 7.36. The smallest absolute Gasteiger partial charge is 0.410 e. The molecule has 0 aromatic heterocycles. The molecule has 2 rings (SSSR count). The molecule has 136 valence electrons. The molecule has 26 heavy (non-hydrogen) atoms. The zero-order chi connectivity index (χ0) is 19.2. The van der Waals surface area contributed by atoms with Gasteiger partial charge in [-0.15, -0.1) is 6.58 Å². The molecule has 2 amide bonds. The van der Waals surface area contributed by atoms with Crippen LogP contribution in [-0.4, -0.2) is 22.3 Å². The number of halogens is 3. The minimum atomic E-state index is -2.10. The van der Waals surface area contributed by atoms with Gasteiger partial charge in [-0.25, -0.2) is 4.79 Å². The fraction of sp³-hybridized carbons (Fsp3) is 0.111. The number of nitrogens with one attached hydrogen (secondary N) is 1. The second kappa shape index (κ2) is 8.94. The highest BCUT2D eigenvalue weighted by Gasteiger charge is 2.30. The molecule has 0 bridgehead atoms. The molecule has 0 aliphatic heterocycles. The highest BCUT2D eigenvalue weighted by atomic mass is 35.6. The fourth-order valence-electron chi connectivity index (χ4n) is 2.02. The summed E-state index contributed by atoms with van der Waals surface area (Å²) in [7, 11) is 0. The fourth-order valence-corrected chi connectivity index (χ4v) is 2.16. The first kappa shape index (κ1) is 20.1. The number of hydrogen-bond donors (Lipinski definition) is 1. The number of hydrogen-bond acceptors (Lipinski definition) is 3. The molecule has 0 aliphatic carbocycles. The van der Waals surface area contributed by atoms with Crippen LogP contribution in [0.2, 0.25) is 0 Å². The van der Waals surface area contributed by atoms with E-state index in [4.69, 9.17) is 39.5 Å². The summed E-state index contributed by atoms with van der Waals surface area (Å²) < 4.78 is 3.28. The first-order chi connectivity index (χ1) is 12.3. The Balaban J connectivity index is 2.14. The Labute approximate surface area is 166 Å². The number of carbonyl (C=O) groups excluding carboxylic acids is 2. The van der Waals surface area contributed by atoms with Crippen LogP contribution in [0, 0.1) is 0 Å². The normalized spacial score (nSPS) is 10.7. The van der Waals surface area contributed by atoms with Gasteiger partial charge in [0, 0.05) is 24.0 Å². The summed E-state index contributed by atoms with van der Waals surface area (Å²) in [5, 5.41) is 2.43. The first-order valence-electron chi connectivity index (χ1n) is 7.45. The zero-order valence-electron chi connectivity index (χ0n) is 13.5. The molecule has 0 saturated heterocycles. The number of amides is 2. The number of para-hydroxylation sites is 1. The second-order valence-electron chi connectivity index (χ2n) is 5.08. The number of anilines is 2. The maximum atomic E-state index is 12.5. The predicted molar refractivity (Wildman–Crippen MR) is 105 cm³/mol. The highest BCUT2D eigenvalue weighted by Crippen LogP contribution is 2.28. The third-order valence-corrected chi connectivity index (χ3v) is 3.67. The molecule has 0 spiro atoms. The van der Waals surface area contributed by atoms with Crippen LogP contribution >= 0.6 is 34.8 Å². The third kappa shape index (κ3) is 5.66. The lowest BCUT2D eigenvalue weighted by atomic mass is 10.3. The van der Waals surface area contributed by atoms with Gasteiger partial charge >= 0.3 is 6.09 Å². The largest absolute Gasteiger partial charge is 0.420 e. The Bertz CT molecular complexity index is 792. The lowest BCUT2D eigenvalue weighted by Crippen LogP contribution is -2.33. The van der Waals surface area contributed by atoms with E-state index in [1.807, 2.05) is 18.2 Å². The SMILES string of the molecule is C=CCN(C(=O)Oc1cccc(NC(=O)C(Cl)(Cl)Cl)c1)c1ccccc1. The molecule has 2 aromatic carbocycles. The van der Waals surface area contributed by atoms with E-state index in [9.17, 15) is 9.59 Å². The molecule has 0 saturated carbocycles. The lowest BCUT2D eigenvalue weighted by Gasteiger charge is -2.20. The number of carbonyl (C=O) groups is 2. The van der Waals surface area contributed by atoms with Crippen LogP contribution in [0.4, 0.5) is 16.2 Å². The van der Waals surface area contributed by atoms with E-state index >= 15 is 0 Å². The topological polar surface area (TPSA) is 58.6 Å². The van der Waals surface area contributed by atoms with E-state index in [1.54, 1.807) is 36.4 Å². The molecule has 0 atom stereocenters. The average Bonchev–Trinajstić information content (AvgIpc) is 2.59. The molecular formula is C18H15Cl3N2O3. The summed E-state index contributed by atoms with van der Waals surface area (Å²) in [5.74, 6) is -0.592. The molecule has 0 radical (unpaired) electrons. The zero-order valence-corrected chi connectivity index (χ0v) is 15.8. The van der Waals surface area contributed by atoms with Crippen LogP contribution in [0.25, 0.3) is 0 Å². The van der Waals surface area contributed by atoms with E-state index in [2.05, 4.69) is 11.9 Å². The van der Waals surface area contributed by atoms with Gasteiger partial charge in [-0.3, -0.25) is 9.69 Å². The van der Waals surface area contributed by atoms with E-state index < -0.39 is 15.8 Å². The van der Waals surface area contributed by atoms with Gasteiger partial charge in [0.25, 0.3) is 9.70 Å². The molecule has 8 heteroatoms. The Kier molecular flexibility index (Phi) is 6.91. The summed E-state index contributed by atoms with van der Waals surface area (Å²) in [6.45, 7) is 3.92. The van der Waals surface area contributed by atoms with Crippen LogP contribution in [0.1, 0.15) is 0 Å². The van der Waals surface area contributed by atoms with Crippen molar-refractivity contribution in [1.82, 2.24) is 0 Å². The number of ether oxygens (including phenoxy) is 1. The van der Waals surface area contributed by atoms with Crippen LogP contribution in [-0.2, 0) is 4.79 Å². The standard InChI is InChI=1S/C18H15Cl3N2O3/c1-2-11-23(14-8-4-3-5-9-14)17(25)26-15-10-6-7-13(12-15)22-16(24)18(19,20)21/h2-10,12H,1,11H2,(H,22,24). The van der Waals surface area contributed by atoms with Crippen molar-refractivity contribution in [2.45, 2.75) is 3.79 Å². The van der Waals surface area contributed by atoms with Gasteiger partial charge < -0.3 is 10.1 Å². The summed E-state index contributed by atoms with van der Waals surface area (Å²) >= 11 is 16.6. The molecule has 5 nitrogen and oxygen atoms in total. The Morgan fingerprint density at radius 2 is 1.81 bits per heavy atom. The number of alkyl halides is 3. The minimum absolute atomic E-state index is 0.224. The third-order valence-electron chi connectivity index (χ3n) is 3.15. The number of nitrogens with zero attached hydrogens (tertiary/aromatic N) is 1. The summed E-state index contributed by atoms with van der Waals surface area (Å²) in [5.41, 5.74) is 0.986. The van der Waals surface area contributed by atoms with Gasteiger partial charge in [0.2, 0.25) is 0 Å². The molecule has 0 unspecified atom stereocenters. The van der Waals surface area contributed by atoms with E-state index in [1.165, 1.54) is 11.0 Å². The van der Waals surface area contributed by atoms with Gasteiger partial charge in [0.05, 0.1) is 0 Å². The van der Waals surface area contributed by atoms with Crippen molar-refractivity contribution < 1.29 is 14.3 Å². The minimum Gasteiger partial charge on any atom is -0.410 e. The van der Waals surface area contributed by atoms with Gasteiger partial charge in [-0.1, -0.05) is 65.1 Å². The van der Waals surface area contributed by atoms with Crippen molar-refractivity contribution in [3.63, 3.8) is 0 Å². The molecule has 0 aliphatic rings. The van der Waals surface area contributed by atoms with Crippen molar-refractivity contribution in [3.05, 3.63) is 67.3 Å². The molecule has 2 aromatic rings. The maximum Gasteiger partial charge on any atom is 0.420 e. The van der Waals surface area contributed by atoms with Gasteiger partial charge in [0.15, 0.2) is 0 Å². The van der Waals surface area contributed by atoms with Crippen molar-refractivity contribution in [1.29, 1.82) is 0 Å². The van der Waals surface area contributed by atoms with Gasteiger partial charge in [0.1, 0.15) is 5.75 Å². The Hall–Kier alpha value is -2.21. The van der Waals surface area contributed by atoms with E-state index in [-0.39, 0.29) is 12.3 Å².